The normalized spacial score (nSPS) is 15.3. The van der Waals surface area contributed by atoms with E-state index in [1.54, 1.807) is 12.1 Å². The van der Waals surface area contributed by atoms with Gasteiger partial charge in [-0.25, -0.2) is 12.8 Å². The summed E-state index contributed by atoms with van der Waals surface area (Å²) in [4.78, 5) is 11.9. The van der Waals surface area contributed by atoms with E-state index in [9.17, 15) is 17.7 Å². The van der Waals surface area contributed by atoms with Gasteiger partial charge in [-0.2, -0.15) is 0 Å². The number of piperidine rings is 1. The molecular weight excluding hydrogens is 533 g/mol. The number of halogens is 1. The lowest BCUT2D eigenvalue weighted by atomic mass is 10.0. The molecule has 2 aromatic rings. The minimum atomic E-state index is -4.07. The Morgan fingerprint density at radius 3 is 2.41 bits per heavy atom. The first kappa shape index (κ1) is 34.4. The highest BCUT2D eigenvalue weighted by Gasteiger charge is 2.27. The molecule has 216 valence electrons. The Balaban J connectivity index is 0.00000116. The van der Waals surface area contributed by atoms with Gasteiger partial charge in [-0.1, -0.05) is 63.0 Å². The molecular formula is C30H44FN3O3S2. The number of rotatable bonds is 9. The minimum absolute atomic E-state index is 0.0156. The summed E-state index contributed by atoms with van der Waals surface area (Å²) in [6, 6.07) is 13.6. The molecule has 1 atom stereocenters. The van der Waals surface area contributed by atoms with Crippen molar-refractivity contribution in [2.75, 3.05) is 22.2 Å². The Labute approximate surface area is 239 Å². The standard InChI is InChI=1S/C25H32FN3O2S2.C3H6O.C2H6/c1-6-21-11-9-12-22(16-21)19(3)27-32-20(4)23-13-14-24(28-15-8-7-10-18(28)2)25(17-23)29(26)33(5,30)31;1-2-3-4;1-2/h9,11-14,16-18H,4,6-8,10,15H2,1-3,5H3;3H,2H2,1H3;1-2H3/b27-19+;;. The van der Waals surface area contributed by atoms with Crippen LogP contribution in [0.25, 0.3) is 4.91 Å². The van der Waals surface area contributed by atoms with E-state index in [0.717, 1.165) is 56.0 Å². The molecule has 1 aliphatic rings. The van der Waals surface area contributed by atoms with Gasteiger partial charge in [-0.15, -0.1) is 4.53 Å². The van der Waals surface area contributed by atoms with Crippen molar-refractivity contribution < 1.29 is 17.7 Å². The maximum Gasteiger partial charge on any atom is 0.258 e. The number of sulfonamides is 1. The van der Waals surface area contributed by atoms with Gasteiger partial charge in [0.2, 0.25) is 0 Å². The van der Waals surface area contributed by atoms with Gasteiger partial charge < -0.3 is 9.69 Å². The molecule has 1 unspecified atom stereocenters. The number of carbonyl (C=O) groups is 1. The molecule has 1 saturated heterocycles. The first-order chi connectivity index (χ1) is 18.5. The van der Waals surface area contributed by atoms with Crippen LogP contribution in [0.1, 0.15) is 83.9 Å². The second kappa shape index (κ2) is 17.1. The molecule has 0 radical (unpaired) electrons. The van der Waals surface area contributed by atoms with Crippen LogP contribution in [-0.2, 0) is 21.2 Å². The van der Waals surface area contributed by atoms with Crippen molar-refractivity contribution in [2.45, 2.75) is 79.7 Å². The van der Waals surface area contributed by atoms with Crippen molar-refractivity contribution in [3.05, 3.63) is 65.7 Å². The zero-order chi connectivity index (χ0) is 29.6. The van der Waals surface area contributed by atoms with E-state index < -0.39 is 10.0 Å². The molecule has 0 aromatic heterocycles. The Morgan fingerprint density at radius 2 is 1.85 bits per heavy atom. The van der Waals surface area contributed by atoms with Crippen LogP contribution < -0.4 is 9.43 Å². The molecule has 9 heteroatoms. The lowest BCUT2D eigenvalue weighted by Crippen LogP contribution is -2.38. The van der Waals surface area contributed by atoms with Crippen LogP contribution in [-0.4, -0.2) is 39.3 Å². The van der Waals surface area contributed by atoms with E-state index in [1.165, 1.54) is 17.5 Å². The van der Waals surface area contributed by atoms with Crippen molar-refractivity contribution >= 4 is 50.2 Å². The Bertz CT molecular complexity index is 1220. The van der Waals surface area contributed by atoms with Crippen LogP contribution in [0.5, 0.6) is 0 Å². The van der Waals surface area contributed by atoms with E-state index in [-0.39, 0.29) is 16.3 Å². The lowest BCUT2D eigenvalue weighted by Gasteiger charge is -2.37. The van der Waals surface area contributed by atoms with E-state index >= 15 is 0 Å². The first-order valence-electron chi connectivity index (χ1n) is 13.5. The second-order valence-corrected chi connectivity index (χ2v) is 11.7. The molecule has 0 aliphatic carbocycles. The van der Waals surface area contributed by atoms with Crippen LogP contribution in [0.4, 0.5) is 15.9 Å². The molecule has 0 spiro atoms. The summed E-state index contributed by atoms with van der Waals surface area (Å²) in [5.41, 5.74) is 4.36. The van der Waals surface area contributed by atoms with Gasteiger partial charge in [0.15, 0.2) is 0 Å². The average molecular weight is 578 g/mol. The highest BCUT2D eigenvalue weighted by molar-refractivity contribution is 8.07. The van der Waals surface area contributed by atoms with Gasteiger partial charge in [-0.05, 0) is 74.4 Å². The third-order valence-corrected chi connectivity index (χ3v) is 7.70. The maximum atomic E-state index is 15.0. The summed E-state index contributed by atoms with van der Waals surface area (Å²) in [7, 11) is -4.07. The average Bonchev–Trinajstić information content (AvgIpc) is 2.96. The molecule has 6 nitrogen and oxygen atoms in total. The van der Waals surface area contributed by atoms with Gasteiger partial charge in [0, 0.05) is 35.9 Å². The molecule has 39 heavy (non-hydrogen) atoms. The van der Waals surface area contributed by atoms with Gasteiger partial charge in [0.1, 0.15) is 12.0 Å². The fraction of sp³-hybridized carbons (Fsp3) is 0.467. The smallest absolute Gasteiger partial charge is 0.258 e. The molecule has 1 aliphatic heterocycles. The van der Waals surface area contributed by atoms with Crippen molar-refractivity contribution in [2.24, 2.45) is 4.40 Å². The summed E-state index contributed by atoms with van der Waals surface area (Å²) in [5.74, 6) is 0. The van der Waals surface area contributed by atoms with E-state index in [4.69, 9.17) is 0 Å². The number of anilines is 2. The monoisotopic (exact) mass is 577 g/mol. The second-order valence-electron chi connectivity index (χ2n) is 9.04. The van der Waals surface area contributed by atoms with Gasteiger partial charge >= 0.3 is 0 Å². The Hall–Kier alpha value is -2.65. The van der Waals surface area contributed by atoms with E-state index in [1.807, 2.05) is 45.9 Å². The van der Waals surface area contributed by atoms with Gasteiger partial charge in [-0.3, -0.25) is 0 Å². The molecule has 1 heterocycles. The number of hydrogen-bond donors (Lipinski definition) is 0. The molecule has 0 N–H and O–H groups in total. The number of benzene rings is 2. The first-order valence-corrected chi connectivity index (χ1v) is 16.2. The summed E-state index contributed by atoms with van der Waals surface area (Å²) in [6.07, 6.45) is 6.42. The largest absolute Gasteiger partial charge is 0.367 e. The van der Waals surface area contributed by atoms with Crippen LogP contribution in [0, 0.1) is 0 Å². The summed E-state index contributed by atoms with van der Waals surface area (Å²) < 4.78 is 43.5. The van der Waals surface area contributed by atoms with Crippen molar-refractivity contribution in [1.29, 1.82) is 0 Å². The Kier molecular flexibility index (Phi) is 15.1. The van der Waals surface area contributed by atoms with Crippen molar-refractivity contribution in [1.82, 2.24) is 0 Å². The predicted octanol–water partition coefficient (Wildman–Crippen LogP) is 8.03. The number of nitrogens with zero attached hydrogens (tertiary/aromatic N) is 3. The van der Waals surface area contributed by atoms with E-state index in [0.29, 0.717) is 22.6 Å². The molecule has 1 fully saturated rings. The van der Waals surface area contributed by atoms with Crippen LogP contribution in [0.3, 0.4) is 0 Å². The zero-order valence-electron chi connectivity index (χ0n) is 24.4. The van der Waals surface area contributed by atoms with Crippen LogP contribution in [0.2, 0.25) is 0 Å². The maximum absolute atomic E-state index is 15.0. The van der Waals surface area contributed by atoms with Crippen LogP contribution in [0.15, 0.2) is 53.4 Å². The molecule has 0 bridgehead atoms. The highest BCUT2D eigenvalue weighted by atomic mass is 32.2. The number of aryl methyl sites for hydroxylation is 1. The third-order valence-electron chi connectivity index (χ3n) is 6.10. The molecule has 2 aromatic carbocycles. The fourth-order valence-electron chi connectivity index (χ4n) is 3.96. The van der Waals surface area contributed by atoms with Crippen molar-refractivity contribution in [3.63, 3.8) is 0 Å². The SMILES string of the molecule is C=C(S/N=C(\C)c1cccc(CC)c1)c1ccc(N2CCCCC2C)c(N(F)S(C)(=O)=O)c1.CC.CCC=O. The molecule has 3 rings (SSSR count). The molecule has 0 amide bonds. The fourth-order valence-corrected chi connectivity index (χ4v) is 5.05. The number of hydrogen-bond acceptors (Lipinski definition) is 6. The summed E-state index contributed by atoms with van der Waals surface area (Å²) in [5, 5.41) is 0. The number of aldehydes is 1. The molecule has 0 saturated carbocycles. The highest BCUT2D eigenvalue weighted by Crippen LogP contribution is 2.39. The van der Waals surface area contributed by atoms with E-state index in [2.05, 4.69) is 41.9 Å². The topological polar surface area (TPSA) is 70.0 Å². The summed E-state index contributed by atoms with van der Waals surface area (Å²) >= 11 is 1.21. The quantitative estimate of drug-likeness (QED) is 0.131. The predicted molar refractivity (Wildman–Crippen MR) is 168 cm³/mol. The Morgan fingerprint density at radius 1 is 1.18 bits per heavy atom. The summed E-state index contributed by atoms with van der Waals surface area (Å²) in [6.45, 7) is 16.8. The van der Waals surface area contributed by atoms with Gasteiger partial charge in [0.05, 0.1) is 17.7 Å². The van der Waals surface area contributed by atoms with Crippen molar-refractivity contribution in [3.8, 4) is 0 Å². The lowest BCUT2D eigenvalue weighted by molar-refractivity contribution is -0.107. The zero-order valence-corrected chi connectivity index (χ0v) is 26.0. The van der Waals surface area contributed by atoms with Gasteiger partial charge in [0.25, 0.3) is 10.0 Å². The number of carbonyl (C=O) groups excluding carboxylic acids is 1. The third kappa shape index (κ3) is 10.4. The minimum Gasteiger partial charge on any atom is -0.367 e. The van der Waals surface area contributed by atoms with Crippen LogP contribution >= 0.6 is 11.9 Å².